The van der Waals surface area contributed by atoms with Crippen LogP contribution in [0.15, 0.2) is 0 Å². The van der Waals surface area contributed by atoms with Crippen LogP contribution in [0.4, 0.5) is 0 Å². The quantitative estimate of drug-likeness (QED) is 0.532. The van der Waals surface area contributed by atoms with Gasteiger partial charge in [-0.2, -0.15) is 0 Å². The number of fused-ring (bicyclic) bond motifs is 5. The maximum Gasteiger partial charge on any atom is 0.0153 e. The van der Waals surface area contributed by atoms with Crippen molar-refractivity contribution in [3.05, 3.63) is 0 Å². The zero-order chi connectivity index (χ0) is 8.34. The minimum atomic E-state index is 0.644. The molecule has 12 heavy (non-hydrogen) atoms. The van der Waals surface area contributed by atoms with Crippen molar-refractivity contribution in [2.45, 2.75) is 51.6 Å². The molecule has 0 aromatic heterocycles. The Labute approximate surface area is 75.1 Å². The molecule has 2 heterocycles. The van der Waals surface area contributed by atoms with E-state index in [0.717, 1.165) is 18.0 Å². The zero-order valence-corrected chi connectivity index (χ0v) is 8.21. The average molecular weight is 165 g/mol. The van der Waals surface area contributed by atoms with E-state index in [2.05, 4.69) is 18.7 Å². The Morgan fingerprint density at radius 3 is 2.75 bits per heavy atom. The minimum absolute atomic E-state index is 0.644. The molecular formula is C11H19N. The molecule has 3 unspecified atom stereocenters. The fraction of sp³-hybridized carbons (Fsp3) is 1.00. The topological polar surface area (TPSA) is 3.24 Å². The van der Waals surface area contributed by atoms with E-state index in [1.54, 1.807) is 0 Å². The lowest BCUT2D eigenvalue weighted by atomic mass is 9.79. The molecular weight excluding hydrogens is 146 g/mol. The second-order valence-electron chi connectivity index (χ2n) is 5.47. The third kappa shape index (κ3) is 0.654. The second-order valence-corrected chi connectivity index (χ2v) is 5.47. The predicted octanol–water partition coefficient (Wildman–Crippen LogP) is 2.27. The third-order valence-corrected chi connectivity index (χ3v) is 4.77. The standard InChI is InChI=1S/C11H19N/c1-11(2)8-5-6-10(11)12-7-3-4-9(8)12/h8-10H,3-7H2,1-2H3. The van der Waals surface area contributed by atoms with Gasteiger partial charge in [-0.15, -0.1) is 0 Å². The second kappa shape index (κ2) is 2.06. The number of rotatable bonds is 0. The minimum Gasteiger partial charge on any atom is -0.297 e. The van der Waals surface area contributed by atoms with E-state index in [1.165, 1.54) is 32.2 Å². The fourth-order valence-corrected chi connectivity index (χ4v) is 4.24. The molecule has 3 atom stereocenters. The first-order valence-corrected chi connectivity index (χ1v) is 5.47. The summed E-state index contributed by atoms with van der Waals surface area (Å²) in [6.45, 7) is 6.39. The first-order valence-electron chi connectivity index (χ1n) is 5.47. The highest BCUT2D eigenvalue weighted by atomic mass is 15.3. The van der Waals surface area contributed by atoms with Gasteiger partial charge in [-0.1, -0.05) is 13.8 Å². The summed E-state index contributed by atoms with van der Waals surface area (Å²) in [4.78, 5) is 2.81. The van der Waals surface area contributed by atoms with Crippen LogP contribution in [0.3, 0.4) is 0 Å². The largest absolute Gasteiger partial charge is 0.297 e. The molecule has 0 spiro atoms. The highest BCUT2D eigenvalue weighted by molar-refractivity contribution is 5.11. The summed E-state index contributed by atoms with van der Waals surface area (Å²) in [5.41, 5.74) is 0.644. The van der Waals surface area contributed by atoms with Gasteiger partial charge in [0.2, 0.25) is 0 Å². The lowest BCUT2D eigenvalue weighted by molar-refractivity contribution is 0.178. The number of hydrogen-bond acceptors (Lipinski definition) is 1. The molecule has 0 N–H and O–H groups in total. The zero-order valence-electron chi connectivity index (χ0n) is 8.21. The number of hydrogen-bond donors (Lipinski definition) is 0. The van der Waals surface area contributed by atoms with Gasteiger partial charge < -0.3 is 0 Å². The van der Waals surface area contributed by atoms with Gasteiger partial charge in [-0.3, -0.25) is 4.90 Å². The molecule has 1 saturated carbocycles. The molecule has 2 bridgehead atoms. The molecule has 0 aromatic rings. The Balaban J connectivity index is 1.99. The Morgan fingerprint density at radius 2 is 2.00 bits per heavy atom. The lowest BCUT2D eigenvalue weighted by Gasteiger charge is -2.29. The SMILES string of the molecule is CC1(C)C2CCC1N1CCCC21. The van der Waals surface area contributed by atoms with Gasteiger partial charge in [0, 0.05) is 12.1 Å². The van der Waals surface area contributed by atoms with Crippen LogP contribution in [0.1, 0.15) is 39.5 Å². The van der Waals surface area contributed by atoms with Crippen LogP contribution < -0.4 is 0 Å². The van der Waals surface area contributed by atoms with E-state index >= 15 is 0 Å². The third-order valence-electron chi connectivity index (χ3n) is 4.77. The van der Waals surface area contributed by atoms with Crippen LogP contribution in [0.5, 0.6) is 0 Å². The van der Waals surface area contributed by atoms with Gasteiger partial charge in [0.15, 0.2) is 0 Å². The molecule has 3 fully saturated rings. The van der Waals surface area contributed by atoms with E-state index in [4.69, 9.17) is 0 Å². The number of nitrogens with zero attached hydrogens (tertiary/aromatic N) is 1. The van der Waals surface area contributed by atoms with E-state index in [-0.39, 0.29) is 0 Å². The van der Waals surface area contributed by atoms with Gasteiger partial charge in [0.05, 0.1) is 0 Å². The van der Waals surface area contributed by atoms with E-state index in [9.17, 15) is 0 Å². The van der Waals surface area contributed by atoms with Crippen LogP contribution in [0.2, 0.25) is 0 Å². The molecule has 0 radical (unpaired) electrons. The monoisotopic (exact) mass is 165 g/mol. The molecule has 2 saturated heterocycles. The normalized spacial score (nSPS) is 50.0. The van der Waals surface area contributed by atoms with Crippen molar-refractivity contribution in [1.29, 1.82) is 0 Å². The number of piperidine rings is 1. The average Bonchev–Trinajstić information content (AvgIpc) is 2.60. The van der Waals surface area contributed by atoms with Gasteiger partial charge in [0.1, 0.15) is 0 Å². The maximum atomic E-state index is 2.81. The smallest absolute Gasteiger partial charge is 0.0153 e. The Bertz CT molecular complexity index is 189. The summed E-state index contributed by atoms with van der Waals surface area (Å²) in [5, 5.41) is 0. The summed E-state index contributed by atoms with van der Waals surface area (Å²) >= 11 is 0. The van der Waals surface area contributed by atoms with Gasteiger partial charge in [-0.25, -0.2) is 0 Å². The molecule has 1 aliphatic carbocycles. The first kappa shape index (κ1) is 7.37. The summed E-state index contributed by atoms with van der Waals surface area (Å²) in [5.74, 6) is 1.03. The van der Waals surface area contributed by atoms with Crippen molar-refractivity contribution >= 4 is 0 Å². The molecule has 0 amide bonds. The Kier molecular flexibility index (Phi) is 1.27. The van der Waals surface area contributed by atoms with Crippen LogP contribution in [-0.4, -0.2) is 23.5 Å². The van der Waals surface area contributed by atoms with Crippen molar-refractivity contribution in [1.82, 2.24) is 4.90 Å². The molecule has 3 rings (SSSR count). The van der Waals surface area contributed by atoms with E-state index in [1.807, 2.05) is 0 Å². The summed E-state index contributed by atoms with van der Waals surface area (Å²) in [6, 6.07) is 1.92. The molecule has 1 heteroatoms. The summed E-state index contributed by atoms with van der Waals surface area (Å²) < 4.78 is 0. The van der Waals surface area contributed by atoms with Crippen molar-refractivity contribution in [2.75, 3.05) is 6.54 Å². The maximum absolute atomic E-state index is 2.81. The summed E-state index contributed by atoms with van der Waals surface area (Å²) in [7, 11) is 0. The highest BCUT2D eigenvalue weighted by Crippen LogP contribution is 2.57. The van der Waals surface area contributed by atoms with Crippen LogP contribution >= 0.6 is 0 Å². The van der Waals surface area contributed by atoms with Gasteiger partial charge >= 0.3 is 0 Å². The van der Waals surface area contributed by atoms with Gasteiger partial charge in [-0.05, 0) is 43.6 Å². The van der Waals surface area contributed by atoms with E-state index < -0.39 is 0 Å². The fourth-order valence-electron chi connectivity index (χ4n) is 4.24. The molecule has 1 nitrogen and oxygen atoms in total. The van der Waals surface area contributed by atoms with Crippen LogP contribution in [-0.2, 0) is 0 Å². The predicted molar refractivity (Wildman–Crippen MR) is 50.0 cm³/mol. The van der Waals surface area contributed by atoms with Crippen molar-refractivity contribution < 1.29 is 0 Å². The molecule has 2 aliphatic heterocycles. The molecule has 0 aromatic carbocycles. The first-order chi connectivity index (χ1) is 5.71. The Morgan fingerprint density at radius 1 is 1.17 bits per heavy atom. The lowest BCUT2D eigenvalue weighted by Crippen LogP contribution is -2.36. The Hall–Kier alpha value is -0.0400. The van der Waals surface area contributed by atoms with Gasteiger partial charge in [0.25, 0.3) is 0 Å². The van der Waals surface area contributed by atoms with Crippen LogP contribution in [0, 0.1) is 11.3 Å². The van der Waals surface area contributed by atoms with Crippen molar-refractivity contribution in [3.8, 4) is 0 Å². The molecule has 3 aliphatic rings. The van der Waals surface area contributed by atoms with Crippen LogP contribution in [0.25, 0.3) is 0 Å². The highest BCUT2D eigenvalue weighted by Gasteiger charge is 2.58. The van der Waals surface area contributed by atoms with Crippen molar-refractivity contribution in [3.63, 3.8) is 0 Å². The summed E-state index contributed by atoms with van der Waals surface area (Å²) in [6.07, 6.45) is 5.95. The van der Waals surface area contributed by atoms with Crippen molar-refractivity contribution in [2.24, 2.45) is 11.3 Å². The molecule has 68 valence electrons. The van der Waals surface area contributed by atoms with E-state index in [0.29, 0.717) is 5.41 Å².